The molecule has 0 aromatic rings. The second kappa shape index (κ2) is 5.58. The molecule has 0 saturated heterocycles. The zero-order valence-corrected chi connectivity index (χ0v) is 9.59. The minimum Gasteiger partial charge on any atom is -0.303 e. The third-order valence-corrected chi connectivity index (χ3v) is 3.08. The molecule has 0 fully saturated rings. The summed E-state index contributed by atoms with van der Waals surface area (Å²) in [7, 11) is 2.23. The van der Waals surface area contributed by atoms with E-state index in [9.17, 15) is 0 Å². The zero-order valence-electron chi connectivity index (χ0n) is 9.59. The molecule has 0 bridgehead atoms. The third kappa shape index (κ3) is 3.57. The lowest BCUT2D eigenvalue weighted by Crippen LogP contribution is -2.36. The van der Waals surface area contributed by atoms with Crippen molar-refractivity contribution in [1.82, 2.24) is 4.90 Å². The highest BCUT2D eigenvalue weighted by molar-refractivity contribution is 4.72. The van der Waals surface area contributed by atoms with E-state index >= 15 is 0 Å². The van der Waals surface area contributed by atoms with Gasteiger partial charge in [-0.2, -0.15) is 0 Å². The van der Waals surface area contributed by atoms with Crippen LogP contribution in [-0.2, 0) is 0 Å². The molecule has 74 valence electrons. The van der Waals surface area contributed by atoms with Gasteiger partial charge in [0.05, 0.1) is 0 Å². The van der Waals surface area contributed by atoms with Gasteiger partial charge in [-0.25, -0.2) is 0 Å². The van der Waals surface area contributed by atoms with Gasteiger partial charge in [-0.05, 0) is 38.8 Å². The van der Waals surface area contributed by atoms with Gasteiger partial charge >= 0.3 is 0 Å². The fourth-order valence-electron chi connectivity index (χ4n) is 1.51. The van der Waals surface area contributed by atoms with Gasteiger partial charge in [0.1, 0.15) is 0 Å². The maximum atomic E-state index is 2.46. The highest BCUT2D eigenvalue weighted by atomic mass is 15.1. The molecule has 0 saturated carbocycles. The van der Waals surface area contributed by atoms with Gasteiger partial charge in [0.2, 0.25) is 0 Å². The molecule has 0 rings (SSSR count). The van der Waals surface area contributed by atoms with Crippen LogP contribution in [0.1, 0.15) is 41.0 Å². The summed E-state index contributed by atoms with van der Waals surface area (Å²) < 4.78 is 0. The van der Waals surface area contributed by atoms with Crippen molar-refractivity contribution in [1.29, 1.82) is 0 Å². The topological polar surface area (TPSA) is 3.24 Å². The second-order valence-electron chi connectivity index (χ2n) is 4.32. The Morgan fingerprint density at radius 2 is 1.58 bits per heavy atom. The Bertz CT molecular complexity index is 110. The van der Waals surface area contributed by atoms with Gasteiger partial charge in [0.15, 0.2) is 0 Å². The predicted molar refractivity (Wildman–Crippen MR) is 56.4 cm³/mol. The van der Waals surface area contributed by atoms with Crippen molar-refractivity contribution in [2.45, 2.75) is 47.1 Å². The van der Waals surface area contributed by atoms with Crippen molar-refractivity contribution < 1.29 is 0 Å². The monoisotopic (exact) mass is 171 g/mol. The van der Waals surface area contributed by atoms with Gasteiger partial charge in [-0.3, -0.25) is 0 Å². The number of rotatable bonds is 5. The van der Waals surface area contributed by atoms with Crippen molar-refractivity contribution in [3.8, 4) is 0 Å². The first-order valence-electron chi connectivity index (χ1n) is 5.20. The fraction of sp³-hybridized carbons (Fsp3) is 1.00. The summed E-state index contributed by atoms with van der Waals surface area (Å²) >= 11 is 0. The van der Waals surface area contributed by atoms with E-state index < -0.39 is 0 Å². The smallest absolute Gasteiger partial charge is 0.00919 e. The van der Waals surface area contributed by atoms with Crippen LogP contribution in [0.15, 0.2) is 0 Å². The molecule has 2 atom stereocenters. The van der Waals surface area contributed by atoms with Crippen LogP contribution in [-0.4, -0.2) is 24.5 Å². The minimum atomic E-state index is 0.713. The molecule has 0 N–H and O–H groups in total. The summed E-state index contributed by atoms with van der Waals surface area (Å²) in [6, 6.07) is 0.713. The molecule has 12 heavy (non-hydrogen) atoms. The molecule has 1 heteroatoms. The molecule has 0 aromatic heterocycles. The SMILES string of the molecule is CCCN(C)C(C)[C@H](C)C(C)C. The average molecular weight is 171 g/mol. The molecule has 0 spiro atoms. The van der Waals surface area contributed by atoms with E-state index in [0.717, 1.165) is 11.8 Å². The van der Waals surface area contributed by atoms with E-state index in [4.69, 9.17) is 0 Å². The summed E-state index contributed by atoms with van der Waals surface area (Å²) in [5.74, 6) is 1.58. The van der Waals surface area contributed by atoms with Crippen LogP contribution in [0, 0.1) is 11.8 Å². The number of hydrogen-bond donors (Lipinski definition) is 0. The molecule has 0 aliphatic rings. The van der Waals surface area contributed by atoms with Gasteiger partial charge in [0, 0.05) is 6.04 Å². The molecule has 1 unspecified atom stereocenters. The molecule has 1 nitrogen and oxygen atoms in total. The van der Waals surface area contributed by atoms with Gasteiger partial charge in [-0.1, -0.05) is 27.7 Å². The summed E-state index contributed by atoms with van der Waals surface area (Å²) in [5.41, 5.74) is 0. The Balaban J connectivity index is 3.90. The maximum absolute atomic E-state index is 2.46. The molecule has 0 amide bonds. The normalized spacial score (nSPS) is 17.0. The molecular weight excluding hydrogens is 146 g/mol. The highest BCUT2D eigenvalue weighted by Crippen LogP contribution is 2.18. The van der Waals surface area contributed by atoms with Gasteiger partial charge in [0.25, 0.3) is 0 Å². The first kappa shape index (κ1) is 12.0. The first-order valence-corrected chi connectivity index (χ1v) is 5.20. The van der Waals surface area contributed by atoms with Crippen molar-refractivity contribution in [2.24, 2.45) is 11.8 Å². The standard InChI is InChI=1S/C11H25N/c1-7-8-12(6)11(5)10(4)9(2)3/h9-11H,7-8H2,1-6H3/t10-,11?/m1/s1. The molecule has 0 radical (unpaired) electrons. The van der Waals surface area contributed by atoms with Crippen molar-refractivity contribution in [3.63, 3.8) is 0 Å². The van der Waals surface area contributed by atoms with E-state index in [2.05, 4.69) is 46.6 Å². The van der Waals surface area contributed by atoms with E-state index in [1.807, 2.05) is 0 Å². The fourth-order valence-corrected chi connectivity index (χ4v) is 1.51. The predicted octanol–water partition coefficient (Wildman–Crippen LogP) is 3.01. The van der Waals surface area contributed by atoms with Crippen LogP contribution in [0.4, 0.5) is 0 Å². The van der Waals surface area contributed by atoms with Crippen LogP contribution in [0.5, 0.6) is 0 Å². The van der Waals surface area contributed by atoms with Gasteiger partial charge in [-0.15, -0.1) is 0 Å². The summed E-state index contributed by atoms with van der Waals surface area (Å²) in [4.78, 5) is 2.46. The summed E-state index contributed by atoms with van der Waals surface area (Å²) in [6.45, 7) is 12.8. The van der Waals surface area contributed by atoms with E-state index in [1.165, 1.54) is 13.0 Å². The van der Waals surface area contributed by atoms with Crippen molar-refractivity contribution in [2.75, 3.05) is 13.6 Å². The Kier molecular flexibility index (Phi) is 5.56. The lowest BCUT2D eigenvalue weighted by Gasteiger charge is -2.31. The zero-order chi connectivity index (χ0) is 9.72. The quantitative estimate of drug-likeness (QED) is 0.614. The Labute approximate surface area is 78.1 Å². The minimum absolute atomic E-state index is 0.713. The highest BCUT2D eigenvalue weighted by Gasteiger charge is 2.18. The maximum Gasteiger partial charge on any atom is 0.00919 e. The average Bonchev–Trinajstić information content (AvgIpc) is 2.02. The molecule has 0 aliphatic heterocycles. The summed E-state index contributed by atoms with van der Waals surface area (Å²) in [6.07, 6.45) is 1.26. The largest absolute Gasteiger partial charge is 0.303 e. The van der Waals surface area contributed by atoms with Crippen LogP contribution in [0.2, 0.25) is 0 Å². The Morgan fingerprint density at radius 1 is 1.08 bits per heavy atom. The second-order valence-corrected chi connectivity index (χ2v) is 4.32. The van der Waals surface area contributed by atoms with Crippen LogP contribution < -0.4 is 0 Å². The first-order chi connectivity index (χ1) is 5.50. The molecule has 0 aliphatic carbocycles. The molecular formula is C11H25N. The lowest BCUT2D eigenvalue weighted by atomic mass is 9.90. The van der Waals surface area contributed by atoms with Crippen LogP contribution >= 0.6 is 0 Å². The molecule has 0 heterocycles. The number of nitrogens with zero attached hydrogens (tertiary/aromatic N) is 1. The van der Waals surface area contributed by atoms with Gasteiger partial charge < -0.3 is 4.90 Å². The lowest BCUT2D eigenvalue weighted by molar-refractivity contribution is 0.168. The van der Waals surface area contributed by atoms with Crippen molar-refractivity contribution in [3.05, 3.63) is 0 Å². The Hall–Kier alpha value is -0.0400. The van der Waals surface area contributed by atoms with E-state index in [-0.39, 0.29) is 0 Å². The van der Waals surface area contributed by atoms with Crippen LogP contribution in [0.25, 0.3) is 0 Å². The van der Waals surface area contributed by atoms with E-state index in [0.29, 0.717) is 6.04 Å². The third-order valence-electron chi connectivity index (χ3n) is 3.08. The molecule has 0 aromatic carbocycles. The Morgan fingerprint density at radius 3 is 1.92 bits per heavy atom. The summed E-state index contributed by atoms with van der Waals surface area (Å²) in [5, 5.41) is 0. The van der Waals surface area contributed by atoms with Crippen molar-refractivity contribution >= 4 is 0 Å². The van der Waals surface area contributed by atoms with E-state index in [1.54, 1.807) is 0 Å². The number of hydrogen-bond acceptors (Lipinski definition) is 1. The van der Waals surface area contributed by atoms with Crippen LogP contribution in [0.3, 0.4) is 0 Å².